The van der Waals surface area contributed by atoms with Crippen molar-refractivity contribution >= 4 is 23.1 Å². The van der Waals surface area contributed by atoms with Crippen molar-refractivity contribution in [2.45, 2.75) is 12.2 Å². The van der Waals surface area contributed by atoms with Crippen molar-refractivity contribution < 1.29 is 37.4 Å². The fourth-order valence-corrected chi connectivity index (χ4v) is 3.67. The topological polar surface area (TPSA) is 77.8 Å². The summed E-state index contributed by atoms with van der Waals surface area (Å²) in [5, 5.41) is 20.5. The van der Waals surface area contributed by atoms with Gasteiger partial charge in [0.15, 0.2) is 0 Å². The van der Waals surface area contributed by atoms with Crippen LogP contribution >= 0.6 is 0 Å². The molecule has 1 heterocycles. The summed E-state index contributed by atoms with van der Waals surface area (Å²) >= 11 is 0. The average molecular weight is 457 g/mol. The third-order valence-electron chi connectivity index (χ3n) is 5.22. The van der Waals surface area contributed by atoms with Gasteiger partial charge in [-0.15, -0.1) is 0 Å². The minimum absolute atomic E-state index is 0.0437. The van der Waals surface area contributed by atoms with E-state index < -0.39 is 41.0 Å². The van der Waals surface area contributed by atoms with Crippen molar-refractivity contribution in [1.82, 2.24) is 0 Å². The zero-order chi connectivity index (χ0) is 23.9. The van der Waals surface area contributed by atoms with Crippen molar-refractivity contribution in [1.29, 1.82) is 0 Å². The van der Waals surface area contributed by atoms with Gasteiger partial charge in [0.2, 0.25) is 0 Å². The molecule has 0 aliphatic carbocycles. The maximum atomic E-state index is 13.3. The first-order valence-electron chi connectivity index (χ1n) is 9.61. The minimum Gasteiger partial charge on any atom is -0.508 e. The van der Waals surface area contributed by atoms with Crippen molar-refractivity contribution in [3.8, 4) is 5.75 Å². The predicted molar refractivity (Wildman–Crippen MR) is 111 cm³/mol. The molecule has 5 nitrogen and oxygen atoms in total. The Morgan fingerprint density at radius 2 is 1.55 bits per heavy atom. The monoisotopic (exact) mass is 457 g/mol. The molecule has 1 amide bonds. The molecular weight excluding hydrogens is 442 g/mol. The standard InChI is InChI=1S/C24H15F4NO4/c25-16-8-4-14(5-9-16)21(31)19-20(13-6-10-18(30)11-7-13)29(23(33)22(19)32)17-3-1-2-15(12-17)24(26,27)28/h1-12,20,30-31H/b21-19+. The van der Waals surface area contributed by atoms with Crippen LogP contribution < -0.4 is 4.90 Å². The number of aliphatic hydroxyl groups excluding tert-OH is 1. The van der Waals surface area contributed by atoms with Gasteiger partial charge in [-0.05, 0) is 60.2 Å². The first kappa shape index (κ1) is 22.1. The molecule has 0 aromatic heterocycles. The van der Waals surface area contributed by atoms with Gasteiger partial charge < -0.3 is 10.2 Å². The highest BCUT2D eigenvalue weighted by molar-refractivity contribution is 6.51. The van der Waals surface area contributed by atoms with Gasteiger partial charge in [-0.3, -0.25) is 14.5 Å². The van der Waals surface area contributed by atoms with Gasteiger partial charge in [-0.25, -0.2) is 4.39 Å². The van der Waals surface area contributed by atoms with Gasteiger partial charge in [-0.1, -0.05) is 18.2 Å². The molecule has 0 spiro atoms. The van der Waals surface area contributed by atoms with Gasteiger partial charge in [0.25, 0.3) is 11.7 Å². The number of hydrogen-bond acceptors (Lipinski definition) is 4. The van der Waals surface area contributed by atoms with E-state index in [0.29, 0.717) is 0 Å². The Kier molecular flexibility index (Phi) is 5.41. The molecule has 0 radical (unpaired) electrons. The van der Waals surface area contributed by atoms with Crippen LogP contribution in [0.4, 0.5) is 23.2 Å². The number of alkyl halides is 3. The van der Waals surface area contributed by atoms with Gasteiger partial charge in [0.05, 0.1) is 17.2 Å². The third kappa shape index (κ3) is 4.05. The Bertz CT molecular complexity index is 1260. The molecule has 0 saturated carbocycles. The van der Waals surface area contributed by atoms with Gasteiger partial charge in [0.1, 0.15) is 17.3 Å². The Morgan fingerprint density at radius 3 is 2.15 bits per heavy atom. The molecule has 3 aromatic carbocycles. The number of carbonyl (C=O) groups excluding carboxylic acids is 2. The Labute approximate surface area is 184 Å². The minimum atomic E-state index is -4.69. The van der Waals surface area contributed by atoms with Crippen LogP contribution in [0.25, 0.3) is 5.76 Å². The van der Waals surface area contributed by atoms with Crippen LogP contribution in [0.15, 0.2) is 78.4 Å². The van der Waals surface area contributed by atoms with E-state index in [4.69, 9.17) is 0 Å². The SMILES string of the molecule is O=C1C(=O)N(c2cccc(C(F)(F)F)c2)C(c2ccc(O)cc2)/C1=C(\O)c1ccc(F)cc1. The lowest BCUT2D eigenvalue weighted by molar-refractivity contribution is -0.137. The van der Waals surface area contributed by atoms with Crippen LogP contribution in [0.3, 0.4) is 0 Å². The summed E-state index contributed by atoms with van der Waals surface area (Å²) in [6.07, 6.45) is -4.69. The fourth-order valence-electron chi connectivity index (χ4n) is 3.67. The molecule has 2 N–H and O–H groups in total. The lowest BCUT2D eigenvalue weighted by Gasteiger charge is -2.26. The van der Waals surface area contributed by atoms with E-state index in [0.717, 1.165) is 35.2 Å². The number of phenolic OH excluding ortho intramolecular Hbond substituents is 1. The lowest BCUT2D eigenvalue weighted by Crippen LogP contribution is -2.29. The highest BCUT2D eigenvalue weighted by Gasteiger charge is 2.47. The number of amides is 1. The van der Waals surface area contributed by atoms with Crippen LogP contribution in [0, 0.1) is 5.82 Å². The first-order chi connectivity index (χ1) is 15.6. The summed E-state index contributed by atoms with van der Waals surface area (Å²) in [5.41, 5.74) is -1.31. The quantitative estimate of drug-likeness (QED) is 0.246. The molecule has 1 aliphatic rings. The fraction of sp³-hybridized carbons (Fsp3) is 0.0833. The number of aromatic hydroxyl groups is 1. The second-order valence-electron chi connectivity index (χ2n) is 7.32. The number of halogens is 4. The van der Waals surface area contributed by atoms with Crippen LogP contribution in [0.5, 0.6) is 5.75 Å². The summed E-state index contributed by atoms with van der Waals surface area (Å²) in [5.74, 6) is -3.58. The van der Waals surface area contributed by atoms with Crippen LogP contribution in [0.2, 0.25) is 0 Å². The molecule has 1 aliphatic heterocycles. The molecule has 1 unspecified atom stereocenters. The van der Waals surface area contributed by atoms with Crippen LogP contribution in [0.1, 0.15) is 22.7 Å². The number of nitrogens with zero attached hydrogens (tertiary/aromatic N) is 1. The van der Waals surface area contributed by atoms with E-state index in [1.54, 1.807) is 0 Å². The number of carbonyl (C=O) groups is 2. The third-order valence-corrected chi connectivity index (χ3v) is 5.22. The van der Waals surface area contributed by atoms with Crippen molar-refractivity contribution in [3.05, 3.63) is 101 Å². The van der Waals surface area contributed by atoms with Gasteiger partial charge in [-0.2, -0.15) is 13.2 Å². The number of aliphatic hydroxyl groups is 1. The second-order valence-corrected chi connectivity index (χ2v) is 7.32. The van der Waals surface area contributed by atoms with Gasteiger partial charge in [0, 0.05) is 11.3 Å². The maximum absolute atomic E-state index is 13.3. The normalized spacial score (nSPS) is 18.1. The largest absolute Gasteiger partial charge is 0.508 e. The van der Waals surface area contributed by atoms with E-state index in [1.165, 1.54) is 42.5 Å². The first-order valence-corrected chi connectivity index (χ1v) is 9.61. The number of anilines is 1. The molecule has 33 heavy (non-hydrogen) atoms. The van der Waals surface area contributed by atoms with Crippen molar-refractivity contribution in [3.63, 3.8) is 0 Å². The smallest absolute Gasteiger partial charge is 0.416 e. The van der Waals surface area contributed by atoms with E-state index in [-0.39, 0.29) is 28.1 Å². The number of Topliss-reactive ketones (excluding diaryl/α,β-unsaturated/α-hetero) is 1. The highest BCUT2D eigenvalue weighted by Crippen LogP contribution is 2.43. The molecule has 1 atom stereocenters. The van der Waals surface area contributed by atoms with Crippen LogP contribution in [-0.4, -0.2) is 21.9 Å². The summed E-state index contributed by atoms with van der Waals surface area (Å²) in [4.78, 5) is 26.8. The second kappa shape index (κ2) is 8.09. The van der Waals surface area contributed by atoms with E-state index in [1.807, 2.05) is 0 Å². The molecule has 9 heteroatoms. The Morgan fingerprint density at radius 1 is 0.909 bits per heavy atom. The molecule has 0 bridgehead atoms. The summed E-state index contributed by atoms with van der Waals surface area (Å²) in [6.45, 7) is 0. The van der Waals surface area contributed by atoms with Crippen molar-refractivity contribution in [2.75, 3.05) is 4.90 Å². The van der Waals surface area contributed by atoms with E-state index >= 15 is 0 Å². The zero-order valence-electron chi connectivity index (χ0n) is 16.7. The van der Waals surface area contributed by atoms with E-state index in [2.05, 4.69) is 0 Å². The highest BCUT2D eigenvalue weighted by atomic mass is 19.4. The summed E-state index contributed by atoms with van der Waals surface area (Å²) in [7, 11) is 0. The summed E-state index contributed by atoms with van der Waals surface area (Å²) < 4.78 is 53.1. The number of benzene rings is 3. The van der Waals surface area contributed by atoms with Gasteiger partial charge >= 0.3 is 6.18 Å². The molecule has 168 valence electrons. The molecule has 1 fully saturated rings. The number of hydrogen-bond donors (Lipinski definition) is 2. The summed E-state index contributed by atoms with van der Waals surface area (Å²) in [6, 6.07) is 12.4. The predicted octanol–water partition coefficient (Wildman–Crippen LogP) is 5.18. The zero-order valence-corrected chi connectivity index (χ0v) is 16.7. The maximum Gasteiger partial charge on any atom is 0.416 e. The molecular formula is C24H15F4NO4. The number of rotatable bonds is 3. The molecule has 1 saturated heterocycles. The van der Waals surface area contributed by atoms with Crippen LogP contribution in [-0.2, 0) is 15.8 Å². The van der Waals surface area contributed by atoms with E-state index in [9.17, 15) is 37.4 Å². The molecule has 3 aromatic rings. The number of phenols is 1. The van der Waals surface area contributed by atoms with Crippen molar-refractivity contribution in [2.24, 2.45) is 0 Å². The Hall–Kier alpha value is -4.14. The molecule has 4 rings (SSSR count). The average Bonchev–Trinajstić information content (AvgIpc) is 3.04. The lowest BCUT2D eigenvalue weighted by atomic mass is 9.95. The Balaban J connectivity index is 1.94. The number of ketones is 1.